The van der Waals surface area contributed by atoms with Gasteiger partial charge in [0.05, 0.1) is 4.90 Å². The highest BCUT2D eigenvalue weighted by atomic mass is 32.2. The third kappa shape index (κ3) is 3.28. The van der Waals surface area contributed by atoms with Crippen LogP contribution in [0.2, 0.25) is 0 Å². The number of anilines is 1. The van der Waals surface area contributed by atoms with Gasteiger partial charge in [-0.15, -0.1) is 0 Å². The van der Waals surface area contributed by atoms with Crippen LogP contribution in [0.1, 0.15) is 21.5 Å². The molecule has 0 fully saturated rings. The van der Waals surface area contributed by atoms with Crippen LogP contribution in [-0.4, -0.2) is 14.7 Å². The number of carbonyl (C=O) groups is 1. The van der Waals surface area contributed by atoms with Crippen molar-refractivity contribution in [1.29, 1.82) is 0 Å². The molecule has 21 heavy (non-hydrogen) atoms. The minimum absolute atomic E-state index is 0.0420. The number of sulfonamides is 1. The summed E-state index contributed by atoms with van der Waals surface area (Å²) in [6.45, 7) is 3.07. The maximum Gasteiger partial charge on any atom is 0.262 e. The number of aryl methyl sites for hydroxylation is 2. The Bertz CT molecular complexity index is 777. The lowest BCUT2D eigenvalue weighted by molar-refractivity contribution is 0.112. The van der Waals surface area contributed by atoms with Gasteiger partial charge in [0.25, 0.3) is 10.0 Å². The van der Waals surface area contributed by atoms with Gasteiger partial charge in [-0.2, -0.15) is 0 Å². The van der Waals surface area contributed by atoms with Gasteiger partial charge in [0, 0.05) is 11.3 Å². The zero-order valence-electron chi connectivity index (χ0n) is 11.6. The van der Waals surface area contributed by atoms with Crippen LogP contribution in [0.25, 0.3) is 0 Å². The Kier molecular flexibility index (Phi) is 4.09. The van der Waals surface area contributed by atoms with E-state index in [9.17, 15) is 17.6 Å². The Labute approximate surface area is 122 Å². The molecule has 0 amide bonds. The topological polar surface area (TPSA) is 63.2 Å². The predicted octanol–water partition coefficient (Wildman–Crippen LogP) is 3.06. The summed E-state index contributed by atoms with van der Waals surface area (Å²) in [7, 11) is -3.85. The van der Waals surface area contributed by atoms with Crippen molar-refractivity contribution in [2.24, 2.45) is 0 Å². The molecule has 0 aliphatic rings. The Hall–Kier alpha value is -2.21. The number of hydrogen-bond acceptors (Lipinski definition) is 3. The van der Waals surface area contributed by atoms with Crippen molar-refractivity contribution in [3.05, 3.63) is 58.9 Å². The van der Waals surface area contributed by atoms with E-state index in [1.807, 2.05) is 0 Å². The molecule has 0 atom stereocenters. The summed E-state index contributed by atoms with van der Waals surface area (Å²) < 4.78 is 40.5. The van der Waals surface area contributed by atoms with Crippen molar-refractivity contribution in [2.45, 2.75) is 18.7 Å². The van der Waals surface area contributed by atoms with E-state index in [2.05, 4.69) is 4.72 Å². The Morgan fingerprint density at radius 1 is 1.10 bits per heavy atom. The third-order valence-corrected chi connectivity index (χ3v) is 4.65. The Balaban J connectivity index is 2.45. The molecule has 0 heterocycles. The van der Waals surface area contributed by atoms with Crippen molar-refractivity contribution in [2.75, 3.05) is 4.72 Å². The van der Waals surface area contributed by atoms with Gasteiger partial charge in [-0.25, -0.2) is 12.8 Å². The van der Waals surface area contributed by atoms with Crippen molar-refractivity contribution in [1.82, 2.24) is 0 Å². The SMILES string of the molecule is Cc1cc(F)cc(C)c1S(=O)(=O)Nc1cccc(C=O)c1. The van der Waals surface area contributed by atoms with E-state index in [0.29, 0.717) is 23.0 Å². The van der Waals surface area contributed by atoms with Crippen LogP contribution in [0.5, 0.6) is 0 Å². The van der Waals surface area contributed by atoms with Gasteiger partial charge in [-0.1, -0.05) is 12.1 Å². The monoisotopic (exact) mass is 307 g/mol. The fraction of sp³-hybridized carbons (Fsp3) is 0.133. The first-order chi connectivity index (χ1) is 9.83. The van der Waals surface area contributed by atoms with Crippen LogP contribution in [-0.2, 0) is 10.0 Å². The number of benzene rings is 2. The summed E-state index contributed by atoms with van der Waals surface area (Å²) >= 11 is 0. The molecular weight excluding hydrogens is 293 g/mol. The molecule has 2 aromatic carbocycles. The van der Waals surface area contributed by atoms with Gasteiger partial charge in [-0.05, 0) is 49.2 Å². The molecule has 0 saturated carbocycles. The summed E-state index contributed by atoms with van der Waals surface area (Å²) in [6, 6.07) is 8.45. The molecule has 2 aromatic rings. The quantitative estimate of drug-likeness (QED) is 0.883. The van der Waals surface area contributed by atoms with Crippen LogP contribution in [0.4, 0.5) is 10.1 Å². The van der Waals surface area contributed by atoms with Gasteiger partial charge in [-0.3, -0.25) is 9.52 Å². The van der Waals surface area contributed by atoms with E-state index in [4.69, 9.17) is 0 Å². The number of nitrogens with one attached hydrogen (secondary N) is 1. The Morgan fingerprint density at radius 2 is 1.71 bits per heavy atom. The molecule has 0 aromatic heterocycles. The van der Waals surface area contributed by atoms with Crippen LogP contribution in [0.3, 0.4) is 0 Å². The maximum atomic E-state index is 13.3. The molecule has 0 aliphatic heterocycles. The lowest BCUT2D eigenvalue weighted by Crippen LogP contribution is -2.16. The molecule has 0 bridgehead atoms. The molecule has 0 unspecified atom stereocenters. The normalized spacial score (nSPS) is 11.2. The molecule has 6 heteroatoms. The molecule has 0 saturated heterocycles. The van der Waals surface area contributed by atoms with E-state index in [1.165, 1.54) is 32.0 Å². The van der Waals surface area contributed by atoms with E-state index in [1.54, 1.807) is 18.2 Å². The number of halogens is 1. The molecule has 4 nitrogen and oxygen atoms in total. The zero-order valence-corrected chi connectivity index (χ0v) is 12.4. The summed E-state index contributed by atoms with van der Waals surface area (Å²) in [4.78, 5) is 10.8. The van der Waals surface area contributed by atoms with Gasteiger partial charge in [0.1, 0.15) is 12.1 Å². The van der Waals surface area contributed by atoms with Crippen LogP contribution in [0, 0.1) is 19.7 Å². The molecule has 110 valence electrons. The second kappa shape index (κ2) is 5.65. The highest BCUT2D eigenvalue weighted by molar-refractivity contribution is 7.92. The average molecular weight is 307 g/mol. The zero-order chi connectivity index (χ0) is 15.6. The number of aldehydes is 1. The van der Waals surface area contributed by atoms with Crippen molar-refractivity contribution < 1.29 is 17.6 Å². The highest BCUT2D eigenvalue weighted by Gasteiger charge is 2.20. The summed E-state index contributed by atoms with van der Waals surface area (Å²) in [5.74, 6) is -0.480. The first kappa shape index (κ1) is 15.2. The largest absolute Gasteiger partial charge is 0.298 e. The van der Waals surface area contributed by atoms with Gasteiger partial charge in [0.15, 0.2) is 0 Å². The predicted molar refractivity (Wildman–Crippen MR) is 78.5 cm³/mol. The van der Waals surface area contributed by atoms with Gasteiger partial charge < -0.3 is 0 Å². The smallest absolute Gasteiger partial charge is 0.262 e. The first-order valence-electron chi connectivity index (χ1n) is 6.18. The van der Waals surface area contributed by atoms with Crippen molar-refractivity contribution in [3.8, 4) is 0 Å². The van der Waals surface area contributed by atoms with E-state index < -0.39 is 15.8 Å². The van der Waals surface area contributed by atoms with Crippen LogP contribution >= 0.6 is 0 Å². The molecule has 0 radical (unpaired) electrons. The van der Waals surface area contributed by atoms with Crippen molar-refractivity contribution >= 4 is 22.0 Å². The maximum absolute atomic E-state index is 13.3. The summed E-state index contributed by atoms with van der Waals surface area (Å²) in [5, 5.41) is 0. The highest BCUT2D eigenvalue weighted by Crippen LogP contribution is 2.24. The minimum Gasteiger partial charge on any atom is -0.298 e. The second-order valence-electron chi connectivity index (χ2n) is 4.72. The molecule has 0 aliphatic carbocycles. The second-order valence-corrected chi connectivity index (χ2v) is 6.34. The van der Waals surface area contributed by atoms with E-state index >= 15 is 0 Å². The molecule has 1 N–H and O–H groups in total. The van der Waals surface area contributed by atoms with Crippen molar-refractivity contribution in [3.63, 3.8) is 0 Å². The number of hydrogen-bond donors (Lipinski definition) is 1. The minimum atomic E-state index is -3.85. The van der Waals surface area contributed by atoms with E-state index in [-0.39, 0.29) is 10.6 Å². The average Bonchev–Trinajstić information content (AvgIpc) is 2.36. The molecule has 2 rings (SSSR count). The number of rotatable bonds is 4. The fourth-order valence-corrected chi connectivity index (χ4v) is 3.71. The number of carbonyl (C=O) groups excluding carboxylic acids is 1. The first-order valence-corrected chi connectivity index (χ1v) is 7.66. The van der Waals surface area contributed by atoms with Gasteiger partial charge >= 0.3 is 0 Å². The summed E-state index contributed by atoms with van der Waals surface area (Å²) in [6.07, 6.45) is 0.631. The van der Waals surface area contributed by atoms with E-state index in [0.717, 1.165) is 0 Å². The fourth-order valence-electron chi connectivity index (χ4n) is 2.20. The molecule has 0 spiro atoms. The standard InChI is InChI=1S/C15H14FNO3S/c1-10-6-13(16)7-11(2)15(10)21(19,20)17-14-5-3-4-12(8-14)9-18/h3-9,17H,1-2H3. The third-order valence-electron chi connectivity index (χ3n) is 2.97. The summed E-state index contributed by atoms with van der Waals surface area (Å²) in [5.41, 5.74) is 1.29. The lowest BCUT2D eigenvalue weighted by Gasteiger charge is -2.13. The lowest BCUT2D eigenvalue weighted by atomic mass is 10.1. The molecular formula is C15H14FNO3S. The van der Waals surface area contributed by atoms with Gasteiger partial charge in [0.2, 0.25) is 0 Å². The van der Waals surface area contributed by atoms with Crippen LogP contribution < -0.4 is 4.72 Å². The van der Waals surface area contributed by atoms with Crippen LogP contribution in [0.15, 0.2) is 41.3 Å². The Morgan fingerprint density at radius 3 is 2.29 bits per heavy atom.